The molecule has 0 spiro atoms. The van der Waals surface area contributed by atoms with Crippen LogP contribution in [-0.2, 0) is 18.0 Å². The lowest BCUT2D eigenvalue weighted by Gasteiger charge is -1.92. The Morgan fingerprint density at radius 2 is 2.15 bits per heavy atom. The fourth-order valence-electron chi connectivity index (χ4n) is 0.412. The van der Waals surface area contributed by atoms with Gasteiger partial charge in [0.1, 0.15) is 6.61 Å². The van der Waals surface area contributed by atoms with Crippen LogP contribution in [0.5, 0.6) is 0 Å². The van der Waals surface area contributed by atoms with Crippen LogP contribution in [0.4, 0.5) is 0 Å². The van der Waals surface area contributed by atoms with Gasteiger partial charge >= 0.3 is 15.9 Å². The van der Waals surface area contributed by atoms with Crippen LogP contribution in [0.15, 0.2) is 11.6 Å². The summed E-state index contributed by atoms with van der Waals surface area (Å²) in [6.45, 7) is 4.77. The molecule has 2 atom stereocenters. The zero-order chi connectivity index (χ0) is 10.5. The first-order chi connectivity index (χ1) is 5.81. The Morgan fingerprint density at radius 3 is 2.54 bits per heavy atom. The SMILES string of the molecule is CC(C)=CCO[P+](=O)OP(C)(=O)O. The fraction of sp³-hybridized carbons (Fsp3) is 0.667. The van der Waals surface area contributed by atoms with Crippen molar-refractivity contribution in [2.75, 3.05) is 13.3 Å². The second-order valence-corrected chi connectivity index (χ2v) is 5.65. The molecule has 1 N–H and O–H groups in total. The van der Waals surface area contributed by atoms with Crippen molar-refractivity contribution in [1.82, 2.24) is 0 Å². The fourth-order valence-corrected chi connectivity index (χ4v) is 1.79. The van der Waals surface area contributed by atoms with Crippen molar-refractivity contribution in [1.29, 1.82) is 0 Å². The Balaban J connectivity index is 3.78. The van der Waals surface area contributed by atoms with Gasteiger partial charge in [-0.1, -0.05) is 11.6 Å². The quantitative estimate of drug-likeness (QED) is 0.576. The Labute approximate surface area is 78.2 Å². The van der Waals surface area contributed by atoms with E-state index in [4.69, 9.17) is 4.89 Å². The van der Waals surface area contributed by atoms with Gasteiger partial charge in [0.05, 0.1) is 0 Å². The predicted molar refractivity (Wildman–Crippen MR) is 49.8 cm³/mol. The molecule has 0 saturated carbocycles. The minimum absolute atomic E-state index is 0.109. The highest BCUT2D eigenvalue weighted by molar-refractivity contribution is 7.59. The summed E-state index contributed by atoms with van der Waals surface area (Å²) in [5.74, 6) is 0. The molecule has 0 aliphatic carbocycles. The molecule has 0 rings (SSSR count). The summed E-state index contributed by atoms with van der Waals surface area (Å²) in [5, 5.41) is 0. The topological polar surface area (TPSA) is 72.8 Å². The number of hydrogen-bond donors (Lipinski definition) is 1. The van der Waals surface area contributed by atoms with E-state index in [1.807, 2.05) is 13.8 Å². The minimum Gasteiger partial charge on any atom is -0.322 e. The summed E-state index contributed by atoms with van der Waals surface area (Å²) in [6.07, 6.45) is 1.69. The van der Waals surface area contributed by atoms with Gasteiger partial charge in [-0.3, -0.25) is 4.57 Å². The number of hydrogen-bond acceptors (Lipinski definition) is 4. The first kappa shape index (κ1) is 12.9. The van der Waals surface area contributed by atoms with Crippen molar-refractivity contribution in [3.05, 3.63) is 11.6 Å². The average Bonchev–Trinajstić information content (AvgIpc) is 1.81. The summed E-state index contributed by atoms with van der Waals surface area (Å²) in [7, 11) is -6.22. The van der Waals surface area contributed by atoms with Crippen LogP contribution in [0.3, 0.4) is 0 Å². The van der Waals surface area contributed by atoms with Crippen molar-refractivity contribution < 1.29 is 22.9 Å². The van der Waals surface area contributed by atoms with Crippen LogP contribution in [0, 0.1) is 0 Å². The highest BCUT2D eigenvalue weighted by Crippen LogP contribution is 2.47. The van der Waals surface area contributed by atoms with Crippen molar-refractivity contribution in [2.24, 2.45) is 0 Å². The lowest BCUT2D eigenvalue weighted by Crippen LogP contribution is -1.84. The highest BCUT2D eigenvalue weighted by atomic mass is 31.2. The van der Waals surface area contributed by atoms with Crippen molar-refractivity contribution >= 4 is 15.9 Å². The van der Waals surface area contributed by atoms with E-state index >= 15 is 0 Å². The third-order valence-corrected chi connectivity index (χ3v) is 2.99. The summed E-state index contributed by atoms with van der Waals surface area (Å²) < 4.78 is 30.2. The first-order valence-corrected chi connectivity index (χ1v) is 6.67. The van der Waals surface area contributed by atoms with E-state index in [1.54, 1.807) is 6.08 Å². The monoisotopic (exact) mass is 227 g/mol. The van der Waals surface area contributed by atoms with Gasteiger partial charge in [-0.15, -0.1) is 4.52 Å². The molecule has 5 nitrogen and oxygen atoms in total. The second-order valence-electron chi connectivity index (χ2n) is 2.69. The second kappa shape index (κ2) is 5.63. The van der Waals surface area contributed by atoms with E-state index in [0.29, 0.717) is 0 Å². The molecule has 13 heavy (non-hydrogen) atoms. The van der Waals surface area contributed by atoms with Crippen LogP contribution in [0.1, 0.15) is 13.8 Å². The van der Waals surface area contributed by atoms with Crippen molar-refractivity contribution in [3.63, 3.8) is 0 Å². The number of rotatable bonds is 5. The van der Waals surface area contributed by atoms with Crippen LogP contribution in [-0.4, -0.2) is 18.2 Å². The zero-order valence-corrected chi connectivity index (χ0v) is 9.55. The van der Waals surface area contributed by atoms with E-state index in [-0.39, 0.29) is 6.61 Å². The van der Waals surface area contributed by atoms with Gasteiger partial charge in [0, 0.05) is 11.2 Å². The highest BCUT2D eigenvalue weighted by Gasteiger charge is 2.30. The summed E-state index contributed by atoms with van der Waals surface area (Å²) in [6, 6.07) is 0. The molecule has 0 aliphatic heterocycles. The smallest absolute Gasteiger partial charge is 0.322 e. The Hall–Kier alpha value is -0.0500. The Kier molecular flexibility index (Phi) is 5.61. The first-order valence-electron chi connectivity index (χ1n) is 3.55. The van der Waals surface area contributed by atoms with Crippen LogP contribution in [0.25, 0.3) is 0 Å². The van der Waals surface area contributed by atoms with Gasteiger partial charge in [-0.05, 0) is 18.2 Å². The molecule has 0 bridgehead atoms. The molecule has 0 radical (unpaired) electrons. The largest absolute Gasteiger partial charge is 0.706 e. The molecular weight excluding hydrogens is 214 g/mol. The molecule has 0 heterocycles. The van der Waals surface area contributed by atoms with E-state index < -0.39 is 15.9 Å². The van der Waals surface area contributed by atoms with Crippen LogP contribution in [0.2, 0.25) is 0 Å². The lowest BCUT2D eigenvalue weighted by molar-refractivity contribution is 0.299. The van der Waals surface area contributed by atoms with Crippen LogP contribution >= 0.6 is 15.9 Å². The van der Waals surface area contributed by atoms with E-state index in [1.165, 1.54) is 0 Å². The maximum atomic E-state index is 10.8. The third-order valence-electron chi connectivity index (χ3n) is 0.890. The molecule has 0 aromatic rings. The zero-order valence-electron chi connectivity index (χ0n) is 7.76. The molecule has 0 saturated heterocycles. The standard InChI is InChI=1S/C6H12O5P2/c1-6(2)4-5-10-12(7)11-13(3,8)9/h4H,5H2,1-3H3/p+1. The van der Waals surface area contributed by atoms with Gasteiger partial charge < -0.3 is 4.89 Å². The van der Waals surface area contributed by atoms with Gasteiger partial charge in [-0.2, -0.15) is 0 Å². The summed E-state index contributed by atoms with van der Waals surface area (Å²) in [5.41, 5.74) is 1.01. The Bertz CT molecular complexity index is 250. The average molecular weight is 227 g/mol. The maximum absolute atomic E-state index is 10.8. The van der Waals surface area contributed by atoms with E-state index in [0.717, 1.165) is 12.2 Å². The summed E-state index contributed by atoms with van der Waals surface area (Å²) in [4.78, 5) is 8.65. The minimum atomic E-state index is -3.72. The van der Waals surface area contributed by atoms with E-state index in [2.05, 4.69) is 8.83 Å². The third kappa shape index (κ3) is 9.87. The molecule has 7 heteroatoms. The molecule has 0 aromatic carbocycles. The molecule has 76 valence electrons. The molecule has 0 fully saturated rings. The predicted octanol–water partition coefficient (Wildman–Crippen LogP) is 2.46. The van der Waals surface area contributed by atoms with Gasteiger partial charge in [-0.25, -0.2) is 0 Å². The summed E-state index contributed by atoms with van der Waals surface area (Å²) >= 11 is 0. The van der Waals surface area contributed by atoms with Crippen molar-refractivity contribution in [2.45, 2.75) is 13.8 Å². The Morgan fingerprint density at radius 1 is 1.62 bits per heavy atom. The van der Waals surface area contributed by atoms with Gasteiger partial charge in [0.25, 0.3) is 0 Å². The van der Waals surface area contributed by atoms with Gasteiger partial charge in [0.15, 0.2) is 0 Å². The normalized spacial score (nSPS) is 16.2. The maximum Gasteiger partial charge on any atom is 0.706 e. The molecule has 0 aromatic heterocycles. The molecular formula is C6H13O5P2+. The van der Waals surface area contributed by atoms with E-state index in [9.17, 15) is 9.13 Å². The molecule has 0 amide bonds. The number of allylic oxidation sites excluding steroid dienone is 1. The lowest BCUT2D eigenvalue weighted by atomic mass is 10.3. The molecule has 2 unspecified atom stereocenters. The van der Waals surface area contributed by atoms with Crippen molar-refractivity contribution in [3.8, 4) is 0 Å². The molecule has 0 aliphatic rings. The van der Waals surface area contributed by atoms with Gasteiger partial charge in [0.2, 0.25) is 0 Å². The van der Waals surface area contributed by atoms with Crippen LogP contribution < -0.4 is 0 Å².